The number of thiol groups is 1. The molecule has 0 saturated carbocycles. The van der Waals surface area contributed by atoms with E-state index in [9.17, 15) is 24.3 Å². The Morgan fingerprint density at radius 2 is 2.03 bits per heavy atom. The zero-order valence-electron chi connectivity index (χ0n) is 17.5. The summed E-state index contributed by atoms with van der Waals surface area (Å²) in [4.78, 5) is 53.5. The third-order valence-corrected chi connectivity index (χ3v) is 9.19. The highest BCUT2D eigenvalue weighted by molar-refractivity contribution is 8.00. The molecule has 2 aliphatic heterocycles. The molecule has 34 heavy (non-hydrogen) atoms. The number of nitrogens with one attached hydrogen (secondary N) is 1. The van der Waals surface area contributed by atoms with Crippen LogP contribution < -0.4 is 10.7 Å². The topological polar surface area (TPSA) is 104 Å². The fourth-order valence-corrected chi connectivity index (χ4v) is 7.64. The molecule has 2 aromatic heterocycles. The summed E-state index contributed by atoms with van der Waals surface area (Å²) in [6.07, 6.45) is 0.194. The second-order valence-corrected chi connectivity index (χ2v) is 11.4. The van der Waals surface area contributed by atoms with Crippen LogP contribution in [0.1, 0.15) is 15.3 Å². The van der Waals surface area contributed by atoms with E-state index in [1.54, 1.807) is 18.2 Å². The zero-order valence-corrected chi connectivity index (χ0v) is 20.9. The molecule has 1 fully saturated rings. The Balaban J connectivity index is 1.46. The van der Waals surface area contributed by atoms with Gasteiger partial charge in [-0.2, -0.15) is 0 Å². The first-order valence-corrected chi connectivity index (χ1v) is 13.5. The molecule has 7 nitrogen and oxygen atoms in total. The summed E-state index contributed by atoms with van der Waals surface area (Å²) in [7, 11) is 0. The molecule has 2 N–H and O–H groups in total. The molecule has 11 heteroatoms. The van der Waals surface area contributed by atoms with Crippen molar-refractivity contribution in [3.8, 4) is 0 Å². The molecule has 1 unspecified atom stereocenters. The standard InChI is InChI=1S/C23H18N2O5S4/c26-9-11-3-4-13-15(27)8-17(34-16(13)6-11)14-10-33-22-19(21(29)25(22)20(14)23(30)31)24-18(28)7-12-2-1-5-32-12/h1-6,8,19,22,26H,7,9-10H2,(H,24,28)(H,30,31)/t19?,22-/m1/s1. The lowest BCUT2D eigenvalue weighted by molar-refractivity contribution is -0.146. The minimum Gasteiger partial charge on any atom is -0.392 e. The van der Waals surface area contributed by atoms with Gasteiger partial charge in [-0.15, -0.1) is 34.4 Å². The first kappa shape index (κ1) is 23.3. The average molecular weight is 531 g/mol. The smallest absolute Gasteiger partial charge is 0.253 e. The van der Waals surface area contributed by atoms with Crippen LogP contribution in [0.5, 0.6) is 0 Å². The highest BCUT2D eigenvalue weighted by atomic mass is 32.2. The molecule has 0 spiro atoms. The van der Waals surface area contributed by atoms with E-state index in [2.05, 4.69) is 17.9 Å². The summed E-state index contributed by atoms with van der Waals surface area (Å²) in [5.74, 6) is -0.238. The second-order valence-electron chi connectivity index (χ2n) is 7.81. The average Bonchev–Trinajstić information content (AvgIpc) is 3.33. The van der Waals surface area contributed by atoms with Crippen LogP contribution in [0, 0.1) is 0 Å². The summed E-state index contributed by atoms with van der Waals surface area (Å²) in [6, 6.07) is 9.61. The Morgan fingerprint density at radius 3 is 2.74 bits per heavy atom. The molecule has 0 radical (unpaired) electrons. The number of thioether (sulfide) groups is 1. The molecule has 0 bridgehead atoms. The molecule has 4 heterocycles. The quantitative estimate of drug-likeness (QED) is 0.335. The van der Waals surface area contributed by atoms with E-state index in [0.717, 1.165) is 4.88 Å². The van der Waals surface area contributed by atoms with E-state index in [0.29, 0.717) is 31.9 Å². The predicted molar refractivity (Wildman–Crippen MR) is 138 cm³/mol. The fraction of sp³-hybridized carbons (Fsp3) is 0.217. The highest BCUT2D eigenvalue weighted by Crippen LogP contribution is 2.44. The van der Waals surface area contributed by atoms with Gasteiger partial charge in [0, 0.05) is 37.2 Å². The number of β-lactam (4-membered cyclic amide) rings is 1. The molecule has 1 aromatic carbocycles. The van der Waals surface area contributed by atoms with Gasteiger partial charge in [0.05, 0.1) is 13.0 Å². The predicted octanol–water partition coefficient (Wildman–Crippen LogP) is 2.63. The molecule has 2 atom stereocenters. The molecule has 5 rings (SSSR count). The van der Waals surface area contributed by atoms with Gasteiger partial charge in [0.2, 0.25) is 11.0 Å². The van der Waals surface area contributed by atoms with Gasteiger partial charge >= 0.3 is 0 Å². The van der Waals surface area contributed by atoms with Gasteiger partial charge in [-0.05, 0) is 29.1 Å². The Bertz CT molecular complexity index is 1410. The normalized spacial score (nSPS) is 19.7. The summed E-state index contributed by atoms with van der Waals surface area (Å²) in [6.45, 7) is -0.149. The van der Waals surface area contributed by atoms with Gasteiger partial charge in [-0.1, -0.05) is 24.8 Å². The van der Waals surface area contributed by atoms with E-state index in [1.165, 1.54) is 45.4 Å². The number of hydrogen-bond acceptors (Lipinski definition) is 8. The van der Waals surface area contributed by atoms with Crippen molar-refractivity contribution in [1.82, 2.24) is 10.2 Å². The van der Waals surface area contributed by atoms with Crippen molar-refractivity contribution in [3.05, 3.63) is 73.0 Å². The van der Waals surface area contributed by atoms with Crippen molar-refractivity contribution in [1.29, 1.82) is 0 Å². The third-order valence-electron chi connectivity index (χ3n) is 5.68. The molecule has 0 aliphatic carbocycles. The Hall–Kier alpha value is -2.44. The number of thiophene rings is 1. The van der Waals surface area contributed by atoms with Crippen molar-refractivity contribution in [2.24, 2.45) is 0 Å². The number of rotatable bonds is 6. The number of carbonyl (C=O) groups excluding carboxylic acids is 3. The van der Waals surface area contributed by atoms with Crippen LogP contribution >= 0.6 is 47.1 Å². The molecule has 2 amide bonds. The number of aliphatic hydroxyl groups is 1. The maximum Gasteiger partial charge on any atom is 0.253 e. The lowest BCUT2D eigenvalue weighted by atomic mass is 10.0. The van der Waals surface area contributed by atoms with Crippen LogP contribution in [0.4, 0.5) is 0 Å². The number of fused-ring (bicyclic) bond motifs is 2. The number of nitrogens with zero attached hydrogens (tertiary/aromatic N) is 1. The lowest BCUT2D eigenvalue weighted by Crippen LogP contribution is -2.70. The van der Waals surface area contributed by atoms with Gasteiger partial charge in [-0.3, -0.25) is 24.1 Å². The number of hydrogen-bond donors (Lipinski definition) is 3. The van der Waals surface area contributed by atoms with E-state index in [1.807, 2.05) is 17.5 Å². The maximum atomic E-state index is 13.0. The number of carbonyl (C=O) groups is 3. The van der Waals surface area contributed by atoms with Crippen molar-refractivity contribution >= 4 is 79.7 Å². The van der Waals surface area contributed by atoms with E-state index in [4.69, 9.17) is 0 Å². The van der Waals surface area contributed by atoms with E-state index >= 15 is 0 Å². The minimum absolute atomic E-state index is 0.147. The van der Waals surface area contributed by atoms with Crippen LogP contribution in [0.15, 0.2) is 52.3 Å². The van der Waals surface area contributed by atoms with Crippen molar-refractivity contribution in [3.63, 3.8) is 0 Å². The summed E-state index contributed by atoms with van der Waals surface area (Å²) < 4.78 is 0.688. The van der Waals surface area contributed by atoms with E-state index in [-0.39, 0.29) is 36.0 Å². The lowest BCUT2D eigenvalue weighted by Gasteiger charge is -2.49. The van der Waals surface area contributed by atoms with Gasteiger partial charge < -0.3 is 10.4 Å². The maximum absolute atomic E-state index is 13.0. The molecular formula is C23H18N2O5S4. The van der Waals surface area contributed by atoms with E-state index < -0.39 is 16.5 Å². The number of aliphatic hydroxyl groups excluding tert-OH is 1. The third kappa shape index (κ3) is 4.11. The van der Waals surface area contributed by atoms with Crippen molar-refractivity contribution in [2.75, 3.05) is 5.75 Å². The summed E-state index contributed by atoms with van der Waals surface area (Å²) in [5.41, 5.74) is 1.19. The summed E-state index contributed by atoms with van der Waals surface area (Å²) in [5, 5.41) is 13.7. The van der Waals surface area contributed by atoms with Crippen LogP contribution in [0.2, 0.25) is 0 Å². The van der Waals surface area contributed by atoms with Crippen LogP contribution in [0.3, 0.4) is 0 Å². The van der Waals surface area contributed by atoms with Gasteiger partial charge in [0.15, 0.2) is 5.43 Å². The first-order chi connectivity index (χ1) is 16.4. The molecule has 3 aromatic rings. The number of amides is 2. The zero-order chi connectivity index (χ0) is 24.0. The Morgan fingerprint density at radius 1 is 1.21 bits per heavy atom. The highest BCUT2D eigenvalue weighted by Gasteiger charge is 2.53. The molecule has 1 saturated heterocycles. The van der Waals surface area contributed by atoms with Crippen LogP contribution in [-0.2, 0) is 27.4 Å². The Labute approximate surface area is 211 Å². The molecule has 2 aliphatic rings. The fourth-order valence-electron chi connectivity index (χ4n) is 4.05. The molecule has 174 valence electrons. The SMILES string of the molecule is O=C(Cc1cccs1)NC1C(=O)N2C(C(=O)S)=C(c3cc(=O)c4ccc(CO)cc4s3)CS[C@H]12. The Kier molecular flexibility index (Phi) is 6.38. The van der Waals surface area contributed by atoms with Crippen molar-refractivity contribution in [2.45, 2.75) is 24.4 Å². The second kappa shape index (κ2) is 9.31. The van der Waals surface area contributed by atoms with Crippen molar-refractivity contribution < 1.29 is 19.5 Å². The van der Waals surface area contributed by atoms with Crippen LogP contribution in [0.25, 0.3) is 15.7 Å². The minimum atomic E-state index is -0.718. The molecular weight excluding hydrogens is 513 g/mol. The van der Waals surface area contributed by atoms with Crippen LogP contribution in [-0.4, -0.2) is 44.1 Å². The van der Waals surface area contributed by atoms with Gasteiger partial charge in [0.1, 0.15) is 17.1 Å². The van der Waals surface area contributed by atoms with Gasteiger partial charge in [0.25, 0.3) is 5.91 Å². The summed E-state index contributed by atoms with van der Waals surface area (Å²) >= 11 is 8.25. The monoisotopic (exact) mass is 530 g/mol. The largest absolute Gasteiger partial charge is 0.392 e. The number of benzene rings is 1. The van der Waals surface area contributed by atoms with Gasteiger partial charge in [-0.25, -0.2) is 0 Å². The first-order valence-electron chi connectivity index (χ1n) is 10.3.